The van der Waals surface area contributed by atoms with Gasteiger partial charge in [0.2, 0.25) is 0 Å². The molecule has 0 radical (unpaired) electrons. The molecular weight excluding hydrogens is 181 g/mol. The van der Waals surface area contributed by atoms with Crippen LogP contribution in [-0.4, -0.2) is 67.4 Å². The molecule has 1 rings (SSSR count). The summed E-state index contributed by atoms with van der Waals surface area (Å²) in [4.78, 5) is 13.7. The number of hydrogen-bond acceptors (Lipinski definition) is 2. The van der Waals surface area contributed by atoms with Gasteiger partial charge >= 0.3 is 57.4 Å². The van der Waals surface area contributed by atoms with Gasteiger partial charge in [-0.2, -0.15) is 0 Å². The summed E-state index contributed by atoms with van der Waals surface area (Å²) in [5.41, 5.74) is 0.606. The second-order valence-corrected chi connectivity index (χ2v) is 1.80. The van der Waals surface area contributed by atoms with Crippen LogP contribution in [0.1, 0.15) is 5.56 Å². The molecule has 0 amide bonds. The molecule has 0 fully saturated rings. The van der Waals surface area contributed by atoms with Crippen molar-refractivity contribution < 1.29 is 9.90 Å². The molecule has 0 aliphatic heterocycles. The predicted octanol–water partition coefficient (Wildman–Crippen LogP) is -0.131. The third kappa shape index (κ3) is 4.65. The molecule has 0 aliphatic rings. The van der Waals surface area contributed by atoms with Crippen molar-refractivity contribution in [2.45, 2.75) is 0 Å². The third-order valence-corrected chi connectivity index (χ3v) is 0.975. The first kappa shape index (κ1) is 11.8. The fourth-order valence-corrected chi connectivity index (χ4v) is 0.562. The summed E-state index contributed by atoms with van der Waals surface area (Å²) in [5.74, 6) is 3.29. The van der Waals surface area contributed by atoms with Crippen molar-refractivity contribution >= 4 is 57.4 Å². The fraction of sp³-hybridized carbons (Fsp3) is 0. The SMILES string of the molecule is O=C(O)C#Cc1cccnc1.[KH]. The average Bonchev–Trinajstić information content (AvgIpc) is 2.03. The van der Waals surface area contributed by atoms with Gasteiger partial charge < -0.3 is 5.11 Å². The van der Waals surface area contributed by atoms with Crippen LogP contribution in [0.15, 0.2) is 24.5 Å². The molecule has 0 saturated carbocycles. The van der Waals surface area contributed by atoms with Gasteiger partial charge in [0.15, 0.2) is 0 Å². The van der Waals surface area contributed by atoms with Crippen LogP contribution in [0.5, 0.6) is 0 Å². The van der Waals surface area contributed by atoms with Crippen molar-refractivity contribution in [3.8, 4) is 11.8 Å². The second-order valence-electron chi connectivity index (χ2n) is 1.80. The number of carboxylic acids is 1. The molecule has 1 heterocycles. The molecule has 0 atom stereocenters. The van der Waals surface area contributed by atoms with E-state index in [1.165, 1.54) is 6.20 Å². The van der Waals surface area contributed by atoms with Gasteiger partial charge in [-0.05, 0) is 12.1 Å². The summed E-state index contributed by atoms with van der Waals surface area (Å²) in [5, 5.41) is 8.18. The van der Waals surface area contributed by atoms with Crippen LogP contribution in [0.2, 0.25) is 0 Å². The van der Waals surface area contributed by atoms with E-state index in [9.17, 15) is 4.79 Å². The number of nitrogens with zero attached hydrogens (tertiary/aromatic N) is 1. The van der Waals surface area contributed by atoms with E-state index in [2.05, 4.69) is 10.9 Å². The number of hydrogen-bond donors (Lipinski definition) is 1. The Hall–Kier alpha value is -0.184. The van der Waals surface area contributed by atoms with Crippen molar-refractivity contribution in [3.63, 3.8) is 0 Å². The maximum absolute atomic E-state index is 9.98. The third-order valence-electron chi connectivity index (χ3n) is 0.975. The van der Waals surface area contributed by atoms with Crippen LogP contribution in [0.3, 0.4) is 0 Å². The molecule has 0 bridgehead atoms. The molecule has 12 heavy (non-hydrogen) atoms. The van der Waals surface area contributed by atoms with E-state index in [0.29, 0.717) is 5.56 Å². The van der Waals surface area contributed by atoms with Gasteiger partial charge in [0.05, 0.1) is 0 Å². The Kier molecular flexibility index (Phi) is 6.25. The molecule has 1 aromatic rings. The van der Waals surface area contributed by atoms with Gasteiger partial charge in [-0.3, -0.25) is 4.98 Å². The summed E-state index contributed by atoms with van der Waals surface area (Å²) in [6, 6.07) is 3.40. The Morgan fingerprint density at radius 1 is 1.58 bits per heavy atom. The predicted molar refractivity (Wildman–Crippen MR) is 45.9 cm³/mol. The summed E-state index contributed by atoms with van der Waals surface area (Å²) in [6.45, 7) is 0. The minimum absolute atomic E-state index is 0. The topological polar surface area (TPSA) is 50.2 Å². The Morgan fingerprint density at radius 3 is 2.83 bits per heavy atom. The first-order chi connectivity index (χ1) is 5.29. The van der Waals surface area contributed by atoms with Crippen molar-refractivity contribution in [2.75, 3.05) is 0 Å². The molecule has 1 aromatic heterocycles. The summed E-state index contributed by atoms with van der Waals surface area (Å²) in [6.07, 6.45) is 3.11. The van der Waals surface area contributed by atoms with Crippen LogP contribution < -0.4 is 0 Å². The normalized spacial score (nSPS) is 7.33. The van der Waals surface area contributed by atoms with Crippen LogP contribution in [0.25, 0.3) is 0 Å². The number of aromatic nitrogens is 1. The summed E-state index contributed by atoms with van der Waals surface area (Å²) < 4.78 is 0. The van der Waals surface area contributed by atoms with E-state index in [4.69, 9.17) is 5.11 Å². The van der Waals surface area contributed by atoms with E-state index in [0.717, 1.165) is 0 Å². The number of carbonyl (C=O) groups is 1. The van der Waals surface area contributed by atoms with Gasteiger partial charge in [-0.25, -0.2) is 4.79 Å². The fourth-order valence-electron chi connectivity index (χ4n) is 0.562. The molecule has 56 valence electrons. The van der Waals surface area contributed by atoms with Crippen molar-refractivity contribution in [2.24, 2.45) is 0 Å². The minimum atomic E-state index is -1.13. The van der Waals surface area contributed by atoms with E-state index < -0.39 is 5.97 Å². The maximum atomic E-state index is 9.98. The average molecular weight is 187 g/mol. The van der Waals surface area contributed by atoms with Crippen LogP contribution in [0.4, 0.5) is 0 Å². The van der Waals surface area contributed by atoms with Crippen LogP contribution in [-0.2, 0) is 4.79 Å². The number of pyridine rings is 1. The van der Waals surface area contributed by atoms with E-state index in [1.54, 1.807) is 18.3 Å². The van der Waals surface area contributed by atoms with E-state index in [-0.39, 0.29) is 51.4 Å². The zero-order chi connectivity index (χ0) is 8.10. The van der Waals surface area contributed by atoms with Crippen LogP contribution >= 0.6 is 0 Å². The van der Waals surface area contributed by atoms with E-state index in [1.807, 2.05) is 5.92 Å². The Morgan fingerprint density at radius 2 is 2.33 bits per heavy atom. The van der Waals surface area contributed by atoms with Gasteiger partial charge in [-0.15, -0.1) is 0 Å². The van der Waals surface area contributed by atoms with Gasteiger partial charge in [0.25, 0.3) is 0 Å². The summed E-state index contributed by atoms with van der Waals surface area (Å²) in [7, 11) is 0. The van der Waals surface area contributed by atoms with Gasteiger partial charge in [-0.1, -0.05) is 5.92 Å². The molecule has 0 aromatic carbocycles. The van der Waals surface area contributed by atoms with Crippen molar-refractivity contribution in [1.82, 2.24) is 4.98 Å². The quantitative estimate of drug-likeness (QED) is 0.454. The molecule has 0 aliphatic carbocycles. The molecule has 0 unspecified atom stereocenters. The van der Waals surface area contributed by atoms with Crippen molar-refractivity contribution in [1.29, 1.82) is 0 Å². The first-order valence-electron chi connectivity index (χ1n) is 2.94. The molecule has 4 heteroatoms. The Balaban J connectivity index is 0.00000121. The zero-order valence-electron chi connectivity index (χ0n) is 5.61. The van der Waals surface area contributed by atoms with Crippen molar-refractivity contribution in [3.05, 3.63) is 30.1 Å². The first-order valence-corrected chi connectivity index (χ1v) is 2.94. The Labute approximate surface area is 113 Å². The van der Waals surface area contributed by atoms with Gasteiger partial charge in [0.1, 0.15) is 0 Å². The number of aliphatic carboxylic acids is 1. The monoisotopic (exact) mass is 187 g/mol. The second kappa shape index (κ2) is 6.35. The molecule has 0 spiro atoms. The van der Waals surface area contributed by atoms with Gasteiger partial charge in [0, 0.05) is 23.9 Å². The summed E-state index contributed by atoms with van der Waals surface area (Å²) >= 11 is 0. The molecule has 1 N–H and O–H groups in total. The molecule has 0 saturated heterocycles. The van der Waals surface area contributed by atoms with Crippen LogP contribution in [0, 0.1) is 11.8 Å². The number of carboxylic acid groups (broad SMARTS) is 1. The zero-order valence-corrected chi connectivity index (χ0v) is 5.61. The Bertz CT molecular complexity index is 313. The number of rotatable bonds is 0. The molecule has 3 nitrogen and oxygen atoms in total. The standard InChI is InChI=1S/C8H5NO2.K.H/c10-8(11)4-3-7-2-1-5-9-6-7;;/h1-2,5-6H,(H,10,11);;. The van der Waals surface area contributed by atoms with E-state index >= 15 is 0 Å². The molecular formula is C8H6KNO2.